The van der Waals surface area contributed by atoms with Crippen LogP contribution in [0.2, 0.25) is 0 Å². The fourth-order valence-corrected chi connectivity index (χ4v) is 2.92. The second-order valence-electron chi connectivity index (χ2n) is 7.37. The average molecular weight is 459 g/mol. The number of hydrogen-bond donors (Lipinski definition) is 1. The summed E-state index contributed by atoms with van der Waals surface area (Å²) in [7, 11) is 0. The highest BCUT2D eigenvalue weighted by atomic mass is 79.9. The normalized spacial score (nSPS) is 11.2. The van der Waals surface area contributed by atoms with Crippen LogP contribution in [0.5, 0.6) is 17.4 Å². The predicted octanol–water partition coefficient (Wildman–Crippen LogP) is 6.18. The summed E-state index contributed by atoms with van der Waals surface area (Å²) in [5.74, 6) is 1.08. The van der Waals surface area contributed by atoms with Gasteiger partial charge in [-0.2, -0.15) is 0 Å². The van der Waals surface area contributed by atoms with Gasteiger partial charge in [0.2, 0.25) is 0 Å². The van der Waals surface area contributed by atoms with E-state index >= 15 is 0 Å². The first-order valence-corrected chi connectivity index (χ1v) is 10.0. The zero-order valence-corrected chi connectivity index (χ0v) is 18.4. The van der Waals surface area contributed by atoms with Crippen molar-refractivity contribution in [2.75, 3.05) is 11.9 Å². The molecule has 0 saturated heterocycles. The summed E-state index contributed by atoms with van der Waals surface area (Å²) in [5, 5.41) is 2.74. The molecule has 6 nitrogen and oxygen atoms in total. The number of carbonyl (C=O) groups is 1. The quantitative estimate of drug-likeness (QED) is 0.477. The number of pyridine rings is 1. The minimum Gasteiger partial charge on any atom is -0.492 e. The second-order valence-corrected chi connectivity index (χ2v) is 8.23. The van der Waals surface area contributed by atoms with E-state index in [1.165, 1.54) is 6.20 Å². The van der Waals surface area contributed by atoms with E-state index in [-0.39, 0.29) is 17.1 Å². The Morgan fingerprint density at radius 1 is 1.17 bits per heavy atom. The van der Waals surface area contributed by atoms with Gasteiger partial charge in [0.1, 0.15) is 17.2 Å². The predicted molar refractivity (Wildman–Crippen MR) is 115 cm³/mol. The molecular formula is C22H23BrN2O4. The summed E-state index contributed by atoms with van der Waals surface area (Å²) in [6.07, 6.45) is 3.13. The Kier molecular flexibility index (Phi) is 6.27. The zero-order valence-electron chi connectivity index (χ0n) is 16.8. The Balaban J connectivity index is 1.75. The molecule has 0 fully saturated rings. The van der Waals surface area contributed by atoms with Crippen LogP contribution in [0.4, 0.5) is 5.69 Å². The van der Waals surface area contributed by atoms with Gasteiger partial charge in [-0.15, -0.1) is 0 Å². The van der Waals surface area contributed by atoms with Gasteiger partial charge >= 0.3 is 0 Å². The van der Waals surface area contributed by atoms with E-state index in [2.05, 4.69) is 47.0 Å². The summed E-state index contributed by atoms with van der Waals surface area (Å²) >= 11 is 3.49. The third kappa shape index (κ3) is 5.17. The molecule has 3 aromatic rings. The topological polar surface area (TPSA) is 73.6 Å². The lowest BCUT2D eigenvalue weighted by atomic mass is 9.87. The molecule has 2 heterocycles. The molecule has 0 spiro atoms. The summed E-state index contributed by atoms with van der Waals surface area (Å²) in [6.45, 7) is 8.74. The van der Waals surface area contributed by atoms with Crippen molar-refractivity contribution >= 4 is 27.5 Å². The standard InChI is InChI=1S/C22H23BrN2O4/c1-5-27-17-10-11-24-13-16(17)25-21(26)18-8-9-20(28-18)29-19-12-14(22(2,3)4)6-7-15(19)23/h6-13H,5H2,1-4H3,(H,25,26). The third-order valence-electron chi connectivity index (χ3n) is 4.14. The van der Waals surface area contributed by atoms with E-state index in [1.54, 1.807) is 24.4 Å². The highest BCUT2D eigenvalue weighted by Crippen LogP contribution is 2.35. The van der Waals surface area contributed by atoms with Crippen LogP contribution >= 0.6 is 15.9 Å². The molecule has 0 aliphatic heterocycles. The first-order chi connectivity index (χ1) is 13.8. The Morgan fingerprint density at radius 2 is 1.97 bits per heavy atom. The minimum atomic E-state index is -0.420. The summed E-state index contributed by atoms with van der Waals surface area (Å²) in [5.41, 5.74) is 1.58. The monoisotopic (exact) mass is 458 g/mol. The van der Waals surface area contributed by atoms with Crippen molar-refractivity contribution in [1.29, 1.82) is 0 Å². The Labute approximate surface area is 178 Å². The summed E-state index contributed by atoms with van der Waals surface area (Å²) in [6, 6.07) is 10.8. The molecule has 7 heteroatoms. The van der Waals surface area contributed by atoms with E-state index in [0.717, 1.165) is 10.0 Å². The molecule has 0 bridgehead atoms. The van der Waals surface area contributed by atoms with Crippen LogP contribution in [-0.4, -0.2) is 17.5 Å². The Morgan fingerprint density at radius 3 is 2.69 bits per heavy atom. The maximum atomic E-state index is 12.5. The number of halogens is 1. The number of nitrogens with zero attached hydrogens (tertiary/aromatic N) is 1. The average Bonchev–Trinajstić information content (AvgIpc) is 3.13. The van der Waals surface area contributed by atoms with Gasteiger partial charge in [0.05, 0.1) is 17.3 Å². The molecule has 0 aliphatic rings. The largest absolute Gasteiger partial charge is 0.492 e. The first-order valence-electron chi connectivity index (χ1n) is 9.24. The molecule has 1 amide bonds. The van der Waals surface area contributed by atoms with Crippen molar-refractivity contribution in [2.45, 2.75) is 33.1 Å². The molecule has 0 atom stereocenters. The Bertz CT molecular complexity index is 1010. The maximum absolute atomic E-state index is 12.5. The van der Waals surface area contributed by atoms with Crippen LogP contribution in [-0.2, 0) is 5.41 Å². The number of benzene rings is 1. The number of ether oxygens (including phenoxy) is 2. The van der Waals surface area contributed by atoms with Crippen molar-refractivity contribution in [3.63, 3.8) is 0 Å². The highest BCUT2D eigenvalue weighted by molar-refractivity contribution is 9.10. The van der Waals surface area contributed by atoms with Gasteiger partial charge in [0.15, 0.2) is 5.76 Å². The van der Waals surface area contributed by atoms with Crippen molar-refractivity contribution in [1.82, 2.24) is 4.98 Å². The van der Waals surface area contributed by atoms with Crippen LogP contribution in [0.3, 0.4) is 0 Å². The van der Waals surface area contributed by atoms with Crippen LogP contribution in [0.1, 0.15) is 43.8 Å². The number of amides is 1. The number of nitrogens with one attached hydrogen (secondary N) is 1. The molecule has 0 saturated carbocycles. The molecule has 0 unspecified atom stereocenters. The number of aromatic nitrogens is 1. The van der Waals surface area contributed by atoms with Gasteiger partial charge in [-0.1, -0.05) is 26.8 Å². The van der Waals surface area contributed by atoms with E-state index in [4.69, 9.17) is 13.9 Å². The SMILES string of the molecule is CCOc1ccncc1NC(=O)c1ccc(Oc2cc(C(C)(C)C)ccc2Br)o1. The van der Waals surface area contributed by atoms with E-state index in [0.29, 0.717) is 23.8 Å². The van der Waals surface area contributed by atoms with Crippen molar-refractivity contribution in [3.05, 3.63) is 64.6 Å². The van der Waals surface area contributed by atoms with Crippen LogP contribution in [0, 0.1) is 0 Å². The number of rotatable bonds is 6. The lowest BCUT2D eigenvalue weighted by molar-refractivity contribution is 0.0991. The van der Waals surface area contributed by atoms with Gasteiger partial charge in [-0.05, 0) is 52.0 Å². The smallest absolute Gasteiger partial charge is 0.291 e. The van der Waals surface area contributed by atoms with Gasteiger partial charge in [-0.3, -0.25) is 9.78 Å². The number of hydrogen-bond acceptors (Lipinski definition) is 5. The molecule has 2 aromatic heterocycles. The number of furan rings is 1. The highest BCUT2D eigenvalue weighted by Gasteiger charge is 2.18. The molecule has 0 radical (unpaired) electrons. The molecule has 152 valence electrons. The van der Waals surface area contributed by atoms with Crippen molar-refractivity contribution in [2.24, 2.45) is 0 Å². The van der Waals surface area contributed by atoms with Gasteiger partial charge in [0, 0.05) is 18.3 Å². The number of anilines is 1. The lowest BCUT2D eigenvalue weighted by Crippen LogP contribution is -2.12. The van der Waals surface area contributed by atoms with Crippen LogP contribution in [0.15, 0.2) is 57.7 Å². The molecule has 1 N–H and O–H groups in total. The summed E-state index contributed by atoms with van der Waals surface area (Å²) < 4.78 is 17.7. The van der Waals surface area contributed by atoms with E-state index in [9.17, 15) is 4.79 Å². The van der Waals surface area contributed by atoms with Crippen molar-refractivity contribution in [3.8, 4) is 17.4 Å². The van der Waals surface area contributed by atoms with Crippen LogP contribution < -0.4 is 14.8 Å². The number of carbonyl (C=O) groups excluding carboxylic acids is 1. The second kappa shape index (κ2) is 8.69. The van der Waals surface area contributed by atoms with Crippen LogP contribution in [0.25, 0.3) is 0 Å². The zero-order chi connectivity index (χ0) is 21.0. The molecule has 0 aliphatic carbocycles. The van der Waals surface area contributed by atoms with E-state index in [1.807, 2.05) is 25.1 Å². The third-order valence-corrected chi connectivity index (χ3v) is 4.80. The molecule has 1 aromatic carbocycles. The lowest BCUT2D eigenvalue weighted by Gasteiger charge is -2.20. The fraction of sp³-hybridized carbons (Fsp3) is 0.273. The maximum Gasteiger partial charge on any atom is 0.291 e. The first kappa shape index (κ1) is 20.9. The van der Waals surface area contributed by atoms with Gasteiger partial charge in [0.25, 0.3) is 11.9 Å². The summed E-state index contributed by atoms with van der Waals surface area (Å²) in [4.78, 5) is 16.6. The molecule has 3 rings (SSSR count). The minimum absolute atomic E-state index is 0.0188. The van der Waals surface area contributed by atoms with Crippen molar-refractivity contribution < 1.29 is 18.7 Å². The van der Waals surface area contributed by atoms with Gasteiger partial charge in [-0.25, -0.2) is 0 Å². The van der Waals surface area contributed by atoms with E-state index < -0.39 is 5.91 Å². The van der Waals surface area contributed by atoms with Gasteiger partial charge < -0.3 is 19.2 Å². The fourth-order valence-electron chi connectivity index (χ4n) is 2.59. The molecular weight excluding hydrogens is 436 g/mol. The Hall–Kier alpha value is -2.80. The molecule has 29 heavy (non-hydrogen) atoms.